The van der Waals surface area contributed by atoms with Crippen LogP contribution in [0.25, 0.3) is 5.69 Å². The van der Waals surface area contributed by atoms with Crippen LogP contribution in [0.1, 0.15) is 33.5 Å². The number of nitrogens with one attached hydrogen (secondary N) is 1. The molecule has 0 bridgehead atoms. The number of nitrogens with zero attached hydrogens (tertiary/aromatic N) is 4. The molecule has 4 rings (SSSR count). The Morgan fingerprint density at radius 1 is 1.32 bits per heavy atom. The molecule has 1 atom stereocenters. The summed E-state index contributed by atoms with van der Waals surface area (Å²) in [6.45, 7) is 5.45. The number of methoxy groups -OCH3 is 1. The smallest absolute Gasteiger partial charge is 0.272 e. The number of hydrogen-bond acceptors (Lipinski definition) is 5. The highest BCUT2D eigenvalue weighted by molar-refractivity contribution is 5.92. The molecule has 1 aliphatic rings. The Morgan fingerprint density at radius 2 is 2.18 bits per heavy atom. The largest absolute Gasteiger partial charge is 0.497 e. The average molecular weight is 381 g/mol. The van der Waals surface area contributed by atoms with Gasteiger partial charge in [-0.05, 0) is 32.0 Å². The number of carbonyl (C=O) groups excluding carboxylic acids is 1. The fourth-order valence-electron chi connectivity index (χ4n) is 3.75. The highest BCUT2D eigenvalue weighted by Gasteiger charge is 2.33. The second kappa shape index (κ2) is 7.47. The standard InChI is InChI=1S/C20H23N5O3/c1-13-19(14(2)25(23-13)15-5-4-6-16(11-15)27-3)18-12-28-10-9-24(18)20(26)17-7-8-21-22-17/h4-8,11,18H,9-10,12H2,1-3H3,(H,21,22). The van der Waals surface area contributed by atoms with Gasteiger partial charge in [-0.25, -0.2) is 4.68 Å². The van der Waals surface area contributed by atoms with Crippen molar-refractivity contribution in [1.82, 2.24) is 24.9 Å². The van der Waals surface area contributed by atoms with E-state index in [-0.39, 0.29) is 11.9 Å². The summed E-state index contributed by atoms with van der Waals surface area (Å²) < 4.78 is 12.9. The monoisotopic (exact) mass is 381 g/mol. The van der Waals surface area contributed by atoms with E-state index in [2.05, 4.69) is 10.2 Å². The van der Waals surface area contributed by atoms with E-state index in [0.717, 1.165) is 28.4 Å². The number of ether oxygens (including phenoxy) is 2. The van der Waals surface area contributed by atoms with E-state index in [4.69, 9.17) is 14.6 Å². The van der Waals surface area contributed by atoms with Crippen LogP contribution < -0.4 is 4.74 Å². The molecule has 1 unspecified atom stereocenters. The molecule has 1 aliphatic heterocycles. The summed E-state index contributed by atoms with van der Waals surface area (Å²) in [5.74, 6) is 0.683. The third-order valence-electron chi connectivity index (χ3n) is 5.10. The zero-order chi connectivity index (χ0) is 19.7. The average Bonchev–Trinajstić information content (AvgIpc) is 3.36. The van der Waals surface area contributed by atoms with Crippen LogP contribution in [-0.2, 0) is 4.74 Å². The van der Waals surface area contributed by atoms with Crippen LogP contribution in [0.4, 0.5) is 0 Å². The second-order valence-electron chi connectivity index (χ2n) is 6.76. The predicted molar refractivity (Wildman–Crippen MR) is 103 cm³/mol. The molecule has 2 aromatic heterocycles. The maximum Gasteiger partial charge on any atom is 0.272 e. The number of carbonyl (C=O) groups is 1. The molecule has 1 N–H and O–H groups in total. The number of aromatic nitrogens is 4. The molecular formula is C20H23N5O3. The Labute approximate surface area is 163 Å². The van der Waals surface area contributed by atoms with Gasteiger partial charge in [-0.1, -0.05) is 6.07 Å². The summed E-state index contributed by atoms with van der Waals surface area (Å²) in [7, 11) is 1.64. The van der Waals surface area contributed by atoms with Crippen molar-refractivity contribution in [1.29, 1.82) is 0 Å². The summed E-state index contributed by atoms with van der Waals surface area (Å²) in [5, 5.41) is 11.4. The summed E-state index contributed by atoms with van der Waals surface area (Å²) in [6, 6.07) is 9.24. The number of benzene rings is 1. The van der Waals surface area contributed by atoms with Gasteiger partial charge in [-0.3, -0.25) is 9.89 Å². The van der Waals surface area contributed by atoms with Gasteiger partial charge in [0.05, 0.1) is 37.7 Å². The van der Waals surface area contributed by atoms with E-state index < -0.39 is 0 Å². The quantitative estimate of drug-likeness (QED) is 0.750. The maximum atomic E-state index is 13.0. The molecule has 8 heteroatoms. The highest BCUT2D eigenvalue weighted by Crippen LogP contribution is 2.32. The summed E-state index contributed by atoms with van der Waals surface area (Å²) in [5.41, 5.74) is 4.24. The number of H-pyrrole nitrogens is 1. The third-order valence-corrected chi connectivity index (χ3v) is 5.10. The molecule has 1 fully saturated rings. The molecule has 1 aromatic carbocycles. The van der Waals surface area contributed by atoms with Gasteiger partial charge < -0.3 is 14.4 Å². The predicted octanol–water partition coefficient (Wildman–Crippen LogP) is 2.43. The molecule has 0 radical (unpaired) electrons. The molecule has 28 heavy (non-hydrogen) atoms. The SMILES string of the molecule is COc1cccc(-n2nc(C)c(C3COCCN3C(=O)c3ccn[nH]3)c2C)c1. The van der Waals surface area contributed by atoms with Crippen molar-refractivity contribution in [3.05, 3.63) is 59.2 Å². The number of morpholine rings is 1. The van der Waals surface area contributed by atoms with Crippen molar-refractivity contribution in [2.45, 2.75) is 19.9 Å². The normalized spacial score (nSPS) is 17.0. The van der Waals surface area contributed by atoms with Gasteiger partial charge in [0.1, 0.15) is 11.4 Å². The second-order valence-corrected chi connectivity index (χ2v) is 6.76. The van der Waals surface area contributed by atoms with Crippen LogP contribution in [0.2, 0.25) is 0 Å². The molecule has 1 amide bonds. The van der Waals surface area contributed by atoms with Gasteiger partial charge >= 0.3 is 0 Å². The number of aromatic amines is 1. The van der Waals surface area contributed by atoms with E-state index in [1.54, 1.807) is 19.4 Å². The van der Waals surface area contributed by atoms with E-state index in [9.17, 15) is 4.79 Å². The zero-order valence-corrected chi connectivity index (χ0v) is 16.2. The van der Waals surface area contributed by atoms with Crippen LogP contribution in [-0.4, -0.2) is 57.7 Å². The maximum absolute atomic E-state index is 13.0. The molecule has 8 nitrogen and oxygen atoms in total. The van der Waals surface area contributed by atoms with E-state index in [0.29, 0.717) is 25.5 Å². The molecule has 0 spiro atoms. The minimum atomic E-state index is -0.205. The number of rotatable bonds is 4. The Morgan fingerprint density at radius 3 is 2.93 bits per heavy atom. The van der Waals surface area contributed by atoms with Gasteiger partial charge in [-0.15, -0.1) is 0 Å². The molecule has 3 aromatic rings. The van der Waals surface area contributed by atoms with Gasteiger partial charge in [0, 0.05) is 30.1 Å². The minimum Gasteiger partial charge on any atom is -0.497 e. The summed E-state index contributed by atoms with van der Waals surface area (Å²) in [6.07, 6.45) is 1.58. The van der Waals surface area contributed by atoms with Gasteiger partial charge in [0.25, 0.3) is 5.91 Å². The molecule has 3 heterocycles. The van der Waals surface area contributed by atoms with Crippen LogP contribution in [0.5, 0.6) is 5.75 Å². The Bertz CT molecular complexity index is 980. The zero-order valence-electron chi connectivity index (χ0n) is 16.2. The molecule has 146 valence electrons. The lowest BCUT2D eigenvalue weighted by atomic mass is 10.0. The Hall–Kier alpha value is -3.13. The first-order valence-corrected chi connectivity index (χ1v) is 9.18. The fourth-order valence-corrected chi connectivity index (χ4v) is 3.75. The first-order chi connectivity index (χ1) is 13.6. The van der Waals surface area contributed by atoms with Gasteiger partial charge in [0.15, 0.2) is 0 Å². The number of aryl methyl sites for hydroxylation is 1. The minimum absolute atomic E-state index is 0.0845. The first-order valence-electron chi connectivity index (χ1n) is 9.18. The van der Waals surface area contributed by atoms with Crippen molar-refractivity contribution in [3.8, 4) is 11.4 Å². The summed E-state index contributed by atoms with van der Waals surface area (Å²) >= 11 is 0. The van der Waals surface area contributed by atoms with Crippen LogP contribution >= 0.6 is 0 Å². The molecule has 1 saturated heterocycles. The van der Waals surface area contributed by atoms with Crippen LogP contribution in [0.3, 0.4) is 0 Å². The van der Waals surface area contributed by atoms with Crippen molar-refractivity contribution in [2.75, 3.05) is 26.9 Å². The first kappa shape index (κ1) is 18.2. The van der Waals surface area contributed by atoms with Crippen LogP contribution in [0, 0.1) is 13.8 Å². The molecule has 0 aliphatic carbocycles. The Kier molecular flexibility index (Phi) is 4.87. The lowest BCUT2D eigenvalue weighted by molar-refractivity contribution is -0.00334. The molecule has 0 saturated carbocycles. The summed E-state index contributed by atoms with van der Waals surface area (Å²) in [4.78, 5) is 14.8. The number of hydrogen-bond donors (Lipinski definition) is 1. The van der Waals surface area contributed by atoms with Crippen molar-refractivity contribution in [3.63, 3.8) is 0 Å². The van der Waals surface area contributed by atoms with E-state index in [1.165, 1.54) is 0 Å². The Balaban J connectivity index is 1.73. The van der Waals surface area contributed by atoms with Gasteiger partial charge in [-0.2, -0.15) is 10.2 Å². The highest BCUT2D eigenvalue weighted by atomic mass is 16.5. The van der Waals surface area contributed by atoms with Crippen molar-refractivity contribution < 1.29 is 14.3 Å². The van der Waals surface area contributed by atoms with Crippen molar-refractivity contribution in [2.24, 2.45) is 0 Å². The fraction of sp³-hybridized carbons (Fsp3) is 0.350. The lowest BCUT2D eigenvalue weighted by Crippen LogP contribution is -2.44. The lowest BCUT2D eigenvalue weighted by Gasteiger charge is -2.35. The molecular weight excluding hydrogens is 358 g/mol. The van der Waals surface area contributed by atoms with Gasteiger partial charge in [0.2, 0.25) is 0 Å². The topological polar surface area (TPSA) is 85.3 Å². The van der Waals surface area contributed by atoms with E-state index >= 15 is 0 Å². The van der Waals surface area contributed by atoms with E-state index in [1.807, 2.05) is 47.7 Å². The van der Waals surface area contributed by atoms with Crippen molar-refractivity contribution >= 4 is 5.91 Å². The third kappa shape index (κ3) is 3.16. The van der Waals surface area contributed by atoms with Crippen LogP contribution in [0.15, 0.2) is 36.5 Å². The number of amides is 1.